The van der Waals surface area contributed by atoms with Crippen LogP contribution in [0.2, 0.25) is 0 Å². The van der Waals surface area contributed by atoms with Gasteiger partial charge in [-0.15, -0.1) is 10.2 Å². The van der Waals surface area contributed by atoms with Crippen molar-refractivity contribution in [3.05, 3.63) is 66.1 Å². The molecule has 0 radical (unpaired) electrons. The summed E-state index contributed by atoms with van der Waals surface area (Å²) < 4.78 is 32.8. The Hall–Kier alpha value is -3.02. The Morgan fingerprint density at radius 3 is 2.52 bits per heavy atom. The first kappa shape index (κ1) is 17.4. The molecule has 8 heteroatoms. The minimum absolute atomic E-state index is 0.136. The van der Waals surface area contributed by atoms with E-state index < -0.39 is 10.0 Å². The molecule has 27 heavy (non-hydrogen) atoms. The van der Waals surface area contributed by atoms with Crippen molar-refractivity contribution in [3.63, 3.8) is 0 Å². The first-order chi connectivity index (χ1) is 13.1. The normalized spacial score (nSPS) is 17.7. The summed E-state index contributed by atoms with van der Waals surface area (Å²) in [5, 5.41) is 17.0. The summed E-state index contributed by atoms with van der Waals surface area (Å²) >= 11 is 0. The van der Waals surface area contributed by atoms with Gasteiger partial charge in [-0.1, -0.05) is 18.2 Å². The Bertz CT molecular complexity index is 1090. The van der Waals surface area contributed by atoms with Crippen LogP contribution in [0.3, 0.4) is 0 Å². The first-order valence-corrected chi connectivity index (χ1v) is 9.91. The third kappa shape index (κ3) is 3.35. The van der Waals surface area contributed by atoms with E-state index >= 15 is 0 Å². The SMILES string of the molecule is N#Cc1ccc(S(=O)(=O)N2CCC(c3nnc(-c4ccccc4)o3)C2)cc1. The van der Waals surface area contributed by atoms with Gasteiger partial charge in [0.05, 0.1) is 22.4 Å². The van der Waals surface area contributed by atoms with Crippen LogP contribution in [0.5, 0.6) is 0 Å². The monoisotopic (exact) mass is 380 g/mol. The molecule has 1 fully saturated rings. The van der Waals surface area contributed by atoms with Crippen molar-refractivity contribution in [2.75, 3.05) is 13.1 Å². The number of rotatable bonds is 4. The number of nitrogens with zero attached hydrogens (tertiary/aromatic N) is 4. The van der Waals surface area contributed by atoms with Gasteiger partial charge >= 0.3 is 0 Å². The van der Waals surface area contributed by atoms with Crippen LogP contribution in [0.25, 0.3) is 11.5 Å². The van der Waals surface area contributed by atoms with Crippen LogP contribution in [-0.2, 0) is 10.0 Å². The fourth-order valence-corrected chi connectivity index (χ4v) is 4.60. The van der Waals surface area contributed by atoms with Crippen molar-refractivity contribution in [3.8, 4) is 17.5 Å². The summed E-state index contributed by atoms with van der Waals surface area (Å²) in [5.41, 5.74) is 1.25. The van der Waals surface area contributed by atoms with Gasteiger partial charge < -0.3 is 4.42 Å². The van der Waals surface area contributed by atoms with Crippen molar-refractivity contribution < 1.29 is 12.8 Å². The van der Waals surface area contributed by atoms with E-state index in [0.29, 0.717) is 36.9 Å². The predicted molar refractivity (Wildman–Crippen MR) is 97.0 cm³/mol. The molecule has 2 heterocycles. The summed E-state index contributed by atoms with van der Waals surface area (Å²) in [6, 6.07) is 17.4. The maximum atomic E-state index is 12.8. The highest BCUT2D eigenvalue weighted by Gasteiger charge is 2.35. The summed E-state index contributed by atoms with van der Waals surface area (Å²) in [4.78, 5) is 0.178. The summed E-state index contributed by atoms with van der Waals surface area (Å²) in [5.74, 6) is 0.744. The van der Waals surface area contributed by atoms with Crippen LogP contribution in [0.1, 0.15) is 23.8 Å². The van der Waals surface area contributed by atoms with Crippen LogP contribution < -0.4 is 0 Å². The van der Waals surface area contributed by atoms with E-state index in [9.17, 15) is 8.42 Å². The number of hydrogen-bond acceptors (Lipinski definition) is 6. The van der Waals surface area contributed by atoms with Gasteiger partial charge in [0.15, 0.2) is 0 Å². The Morgan fingerprint density at radius 1 is 1.07 bits per heavy atom. The van der Waals surface area contributed by atoms with Crippen LogP contribution in [0.4, 0.5) is 0 Å². The zero-order chi connectivity index (χ0) is 18.9. The van der Waals surface area contributed by atoms with Gasteiger partial charge in [0.1, 0.15) is 0 Å². The first-order valence-electron chi connectivity index (χ1n) is 8.47. The zero-order valence-electron chi connectivity index (χ0n) is 14.3. The van der Waals surface area contributed by atoms with Crippen LogP contribution in [0.15, 0.2) is 63.9 Å². The number of hydrogen-bond donors (Lipinski definition) is 0. The van der Waals surface area contributed by atoms with Gasteiger partial charge in [0, 0.05) is 18.7 Å². The van der Waals surface area contributed by atoms with Crippen molar-refractivity contribution >= 4 is 10.0 Å². The lowest BCUT2D eigenvalue weighted by atomic mass is 10.1. The molecule has 136 valence electrons. The molecule has 1 aromatic heterocycles. The van der Waals surface area contributed by atoms with Crippen molar-refractivity contribution in [1.29, 1.82) is 5.26 Å². The minimum atomic E-state index is -3.62. The summed E-state index contributed by atoms with van der Waals surface area (Å²) in [6.07, 6.45) is 0.617. The fourth-order valence-electron chi connectivity index (χ4n) is 3.10. The average molecular weight is 380 g/mol. The maximum Gasteiger partial charge on any atom is 0.247 e. The molecule has 1 aliphatic rings. The second kappa shape index (κ2) is 6.95. The van der Waals surface area contributed by atoms with Gasteiger partial charge in [-0.2, -0.15) is 9.57 Å². The van der Waals surface area contributed by atoms with E-state index in [2.05, 4.69) is 10.2 Å². The maximum absolute atomic E-state index is 12.8. The molecule has 1 saturated heterocycles. The summed E-state index contributed by atoms with van der Waals surface area (Å²) in [7, 11) is -3.62. The Balaban J connectivity index is 1.51. The standard InChI is InChI=1S/C19H16N4O3S/c20-12-14-6-8-17(9-7-14)27(24,25)23-11-10-16(13-23)19-22-21-18(26-19)15-4-2-1-3-5-15/h1-9,16H,10-11,13H2. The lowest BCUT2D eigenvalue weighted by Crippen LogP contribution is -2.28. The molecule has 0 spiro atoms. The highest BCUT2D eigenvalue weighted by molar-refractivity contribution is 7.89. The highest BCUT2D eigenvalue weighted by Crippen LogP contribution is 2.31. The molecule has 0 amide bonds. The van der Waals surface area contributed by atoms with E-state index in [1.54, 1.807) is 0 Å². The largest absolute Gasteiger partial charge is 0.420 e. The Labute approximate surface area is 156 Å². The van der Waals surface area contributed by atoms with Gasteiger partial charge in [-0.05, 0) is 42.8 Å². The van der Waals surface area contributed by atoms with Crippen molar-refractivity contribution in [2.24, 2.45) is 0 Å². The number of sulfonamides is 1. The van der Waals surface area contributed by atoms with Crippen molar-refractivity contribution in [2.45, 2.75) is 17.2 Å². The number of nitriles is 1. The van der Waals surface area contributed by atoms with Crippen molar-refractivity contribution in [1.82, 2.24) is 14.5 Å². The molecule has 2 aromatic carbocycles. The van der Waals surface area contributed by atoms with Gasteiger partial charge in [0.25, 0.3) is 0 Å². The molecule has 7 nitrogen and oxygen atoms in total. The topological polar surface area (TPSA) is 100 Å². The van der Waals surface area contributed by atoms with E-state index in [1.807, 2.05) is 36.4 Å². The van der Waals surface area contributed by atoms with E-state index in [4.69, 9.17) is 9.68 Å². The lowest BCUT2D eigenvalue weighted by Gasteiger charge is -2.16. The van der Waals surface area contributed by atoms with E-state index in [0.717, 1.165) is 5.56 Å². The van der Waals surface area contributed by atoms with Crippen LogP contribution in [-0.4, -0.2) is 36.0 Å². The second-order valence-electron chi connectivity index (χ2n) is 6.30. The van der Waals surface area contributed by atoms with Gasteiger partial charge in [0.2, 0.25) is 21.8 Å². The molecule has 0 bridgehead atoms. The predicted octanol–water partition coefficient (Wildman–Crippen LogP) is 2.79. The number of aromatic nitrogens is 2. The Kier molecular flexibility index (Phi) is 4.48. The molecule has 4 rings (SSSR count). The molecule has 0 saturated carbocycles. The van der Waals surface area contributed by atoms with Crippen LogP contribution >= 0.6 is 0 Å². The lowest BCUT2D eigenvalue weighted by molar-refractivity contribution is 0.440. The van der Waals surface area contributed by atoms with E-state index in [-0.39, 0.29) is 10.8 Å². The van der Waals surface area contributed by atoms with Gasteiger partial charge in [-0.25, -0.2) is 8.42 Å². The van der Waals surface area contributed by atoms with E-state index in [1.165, 1.54) is 28.6 Å². The van der Waals surface area contributed by atoms with Crippen LogP contribution in [0, 0.1) is 11.3 Å². The third-order valence-corrected chi connectivity index (χ3v) is 6.46. The average Bonchev–Trinajstić information content (AvgIpc) is 3.38. The third-order valence-electron chi connectivity index (χ3n) is 4.58. The molecule has 0 N–H and O–H groups in total. The minimum Gasteiger partial charge on any atom is -0.420 e. The Morgan fingerprint density at radius 2 is 1.81 bits per heavy atom. The molecule has 1 unspecified atom stereocenters. The zero-order valence-corrected chi connectivity index (χ0v) is 15.1. The highest BCUT2D eigenvalue weighted by atomic mass is 32.2. The van der Waals surface area contributed by atoms with Gasteiger partial charge in [-0.3, -0.25) is 0 Å². The summed E-state index contributed by atoms with van der Waals surface area (Å²) in [6.45, 7) is 0.675. The number of benzene rings is 2. The second-order valence-corrected chi connectivity index (χ2v) is 8.23. The molecular weight excluding hydrogens is 364 g/mol. The fraction of sp³-hybridized carbons (Fsp3) is 0.211. The smallest absolute Gasteiger partial charge is 0.247 e. The quantitative estimate of drug-likeness (QED) is 0.690. The molecule has 1 aliphatic heterocycles. The molecule has 0 aliphatic carbocycles. The molecule has 1 atom stereocenters. The molecular formula is C19H16N4O3S. The molecule has 3 aromatic rings.